The van der Waals surface area contributed by atoms with Crippen LogP contribution in [0.3, 0.4) is 0 Å². The second-order valence-corrected chi connectivity index (χ2v) is 9.69. The lowest BCUT2D eigenvalue weighted by Crippen LogP contribution is -2.53. The number of carbonyl (C=O) groups excluding carboxylic acids is 3. The van der Waals surface area contributed by atoms with E-state index in [0.29, 0.717) is 4.31 Å². The van der Waals surface area contributed by atoms with Crippen LogP contribution < -0.4 is 5.32 Å². The molecule has 1 N–H and O–H groups in total. The van der Waals surface area contributed by atoms with Gasteiger partial charge in [0.15, 0.2) is 0 Å². The minimum atomic E-state index is -4.47. The lowest BCUT2D eigenvalue weighted by atomic mass is 10.2. The summed E-state index contributed by atoms with van der Waals surface area (Å²) in [6.45, 7) is 12.1. The molecule has 0 aliphatic rings. The van der Waals surface area contributed by atoms with Crippen LogP contribution in [-0.4, -0.2) is 62.3 Å². The number of ether oxygens (including phenoxy) is 3. The molecule has 33 heavy (non-hydrogen) atoms. The fraction of sp³-hybridized carbons (Fsp3) is 0.409. The molecule has 0 saturated heterocycles. The van der Waals surface area contributed by atoms with Crippen LogP contribution in [0.4, 0.5) is 9.59 Å². The number of esters is 1. The minimum absolute atomic E-state index is 0.155. The van der Waals surface area contributed by atoms with Crippen molar-refractivity contribution in [2.45, 2.75) is 44.2 Å². The Kier molecular flexibility index (Phi) is 10.1. The van der Waals surface area contributed by atoms with Crippen LogP contribution in [0.5, 0.6) is 0 Å². The van der Waals surface area contributed by atoms with E-state index < -0.39 is 46.4 Å². The van der Waals surface area contributed by atoms with Crippen LogP contribution in [-0.2, 0) is 29.0 Å². The van der Waals surface area contributed by atoms with Gasteiger partial charge < -0.3 is 19.5 Å². The number of rotatable bonds is 10. The SMILES string of the molecule is C=CCOC(=O)N[C@@H](CN(C(=O)OC(C)(C)C)S(=O)(=O)c1ccc(C)cc1)C(=O)OCC=C. The van der Waals surface area contributed by atoms with Gasteiger partial charge in [0.05, 0.1) is 11.4 Å². The molecular weight excluding hydrogens is 452 g/mol. The summed E-state index contributed by atoms with van der Waals surface area (Å²) in [6.07, 6.45) is 0.331. The second-order valence-electron chi connectivity index (χ2n) is 7.83. The van der Waals surface area contributed by atoms with Crippen molar-refractivity contribution < 1.29 is 37.0 Å². The Balaban J connectivity index is 3.38. The molecule has 0 fully saturated rings. The molecule has 1 atom stereocenters. The molecule has 0 spiro atoms. The van der Waals surface area contributed by atoms with Gasteiger partial charge in [-0.3, -0.25) is 0 Å². The zero-order valence-corrected chi connectivity index (χ0v) is 20.0. The Labute approximate surface area is 194 Å². The smallest absolute Gasteiger partial charge is 0.424 e. The Bertz CT molecular complexity index is 965. The number of alkyl carbamates (subject to hydrolysis) is 1. The highest BCUT2D eigenvalue weighted by molar-refractivity contribution is 7.89. The van der Waals surface area contributed by atoms with Crippen LogP contribution >= 0.6 is 0 Å². The summed E-state index contributed by atoms with van der Waals surface area (Å²) < 4.78 is 42.0. The van der Waals surface area contributed by atoms with Crippen LogP contribution in [0.25, 0.3) is 0 Å². The zero-order chi connectivity index (χ0) is 25.2. The first-order valence-electron chi connectivity index (χ1n) is 9.96. The first kappa shape index (κ1) is 27.7. The van der Waals surface area contributed by atoms with Gasteiger partial charge in [-0.05, 0) is 39.8 Å². The first-order chi connectivity index (χ1) is 15.3. The van der Waals surface area contributed by atoms with E-state index in [2.05, 4.69) is 18.5 Å². The molecule has 0 unspecified atom stereocenters. The van der Waals surface area contributed by atoms with Crippen LogP contribution in [0.2, 0.25) is 0 Å². The topological polar surface area (TPSA) is 128 Å². The summed E-state index contributed by atoms with van der Waals surface area (Å²) in [4.78, 5) is 37.2. The van der Waals surface area contributed by atoms with Crippen molar-refractivity contribution in [3.05, 3.63) is 55.1 Å². The number of hydrogen-bond donors (Lipinski definition) is 1. The number of nitrogens with zero attached hydrogens (tertiary/aromatic N) is 1. The average molecular weight is 483 g/mol. The molecule has 10 nitrogen and oxygen atoms in total. The molecule has 0 heterocycles. The van der Waals surface area contributed by atoms with Crippen LogP contribution in [0.1, 0.15) is 26.3 Å². The monoisotopic (exact) mass is 482 g/mol. The number of hydrogen-bond acceptors (Lipinski definition) is 8. The molecule has 0 saturated carbocycles. The van der Waals surface area contributed by atoms with Gasteiger partial charge in [0.25, 0.3) is 10.0 Å². The van der Waals surface area contributed by atoms with Crippen molar-refractivity contribution in [1.82, 2.24) is 9.62 Å². The number of sulfonamides is 1. The van der Waals surface area contributed by atoms with E-state index in [9.17, 15) is 22.8 Å². The van der Waals surface area contributed by atoms with E-state index in [1.807, 2.05) is 0 Å². The van der Waals surface area contributed by atoms with Crippen molar-refractivity contribution in [1.29, 1.82) is 0 Å². The van der Waals surface area contributed by atoms with E-state index in [1.54, 1.807) is 39.8 Å². The molecule has 1 aromatic carbocycles. The van der Waals surface area contributed by atoms with Crippen LogP contribution in [0, 0.1) is 6.92 Å². The van der Waals surface area contributed by atoms with E-state index in [-0.39, 0.29) is 18.1 Å². The van der Waals surface area contributed by atoms with Crippen molar-refractivity contribution in [2.75, 3.05) is 19.8 Å². The maximum atomic E-state index is 13.3. The predicted octanol–water partition coefficient (Wildman–Crippen LogP) is 2.93. The van der Waals surface area contributed by atoms with E-state index in [1.165, 1.54) is 24.3 Å². The fourth-order valence-corrected chi connectivity index (χ4v) is 3.64. The Morgan fingerprint density at radius 2 is 1.61 bits per heavy atom. The molecule has 182 valence electrons. The highest BCUT2D eigenvalue weighted by atomic mass is 32.2. The third-order valence-electron chi connectivity index (χ3n) is 3.81. The highest BCUT2D eigenvalue weighted by Gasteiger charge is 2.38. The molecule has 2 amide bonds. The largest absolute Gasteiger partial charge is 0.460 e. The van der Waals surface area contributed by atoms with E-state index in [0.717, 1.165) is 5.56 Å². The molecule has 1 rings (SSSR count). The van der Waals surface area contributed by atoms with Gasteiger partial charge in [-0.1, -0.05) is 43.0 Å². The second kappa shape index (κ2) is 12.0. The van der Waals surface area contributed by atoms with Crippen molar-refractivity contribution >= 4 is 28.2 Å². The normalized spacial score (nSPS) is 12.1. The summed E-state index contributed by atoms with van der Waals surface area (Å²) >= 11 is 0. The van der Waals surface area contributed by atoms with Gasteiger partial charge in [0.2, 0.25) is 0 Å². The summed E-state index contributed by atoms with van der Waals surface area (Å²) in [5.41, 5.74) is -0.233. The first-order valence-corrected chi connectivity index (χ1v) is 11.4. The third kappa shape index (κ3) is 8.97. The number of nitrogens with one attached hydrogen (secondary N) is 1. The van der Waals surface area contributed by atoms with Crippen molar-refractivity contribution in [3.8, 4) is 0 Å². The molecule has 0 radical (unpaired) electrons. The lowest BCUT2D eigenvalue weighted by Gasteiger charge is -2.29. The predicted molar refractivity (Wildman–Crippen MR) is 121 cm³/mol. The molecular formula is C22H30N2O8S. The van der Waals surface area contributed by atoms with Crippen molar-refractivity contribution in [2.24, 2.45) is 0 Å². The van der Waals surface area contributed by atoms with E-state index in [4.69, 9.17) is 14.2 Å². The maximum Gasteiger partial charge on any atom is 0.424 e. The van der Waals surface area contributed by atoms with Crippen molar-refractivity contribution in [3.63, 3.8) is 0 Å². The lowest BCUT2D eigenvalue weighted by molar-refractivity contribution is -0.144. The zero-order valence-electron chi connectivity index (χ0n) is 19.2. The van der Waals surface area contributed by atoms with Gasteiger partial charge in [-0.25, -0.2) is 22.8 Å². The number of benzene rings is 1. The third-order valence-corrected chi connectivity index (χ3v) is 5.55. The summed E-state index contributed by atoms with van der Waals surface area (Å²) in [5.74, 6) is -1.00. The fourth-order valence-electron chi connectivity index (χ4n) is 2.33. The number of carbonyl (C=O) groups is 3. The standard InChI is InChI=1S/C22H30N2O8S/c1-7-13-30-19(25)18(23-20(26)31-14-8-2)15-24(21(27)32-22(4,5)6)33(28,29)17-11-9-16(3)10-12-17/h7-12,18H,1-2,13-15H2,3-6H3,(H,23,26)/t18-/m0/s1. The quantitative estimate of drug-likeness (QED) is 0.306. The highest BCUT2D eigenvalue weighted by Crippen LogP contribution is 2.20. The maximum absolute atomic E-state index is 13.3. The van der Waals surface area contributed by atoms with Gasteiger partial charge in [-0.15, -0.1) is 0 Å². The van der Waals surface area contributed by atoms with E-state index >= 15 is 0 Å². The molecule has 0 aliphatic heterocycles. The Morgan fingerprint density at radius 1 is 1.06 bits per heavy atom. The molecule has 1 aromatic rings. The Morgan fingerprint density at radius 3 is 2.12 bits per heavy atom. The van der Waals surface area contributed by atoms with Crippen LogP contribution in [0.15, 0.2) is 54.5 Å². The van der Waals surface area contributed by atoms with Gasteiger partial charge in [0, 0.05) is 0 Å². The summed E-state index contributed by atoms with van der Waals surface area (Å²) in [6, 6.07) is 4.16. The molecule has 0 aromatic heterocycles. The number of aryl methyl sites for hydroxylation is 1. The van der Waals surface area contributed by atoms with Gasteiger partial charge >= 0.3 is 18.2 Å². The molecule has 0 aliphatic carbocycles. The average Bonchev–Trinajstić information content (AvgIpc) is 2.72. The summed E-state index contributed by atoms with van der Waals surface area (Å²) in [7, 11) is -4.47. The van der Waals surface area contributed by atoms with Gasteiger partial charge in [-0.2, -0.15) is 4.31 Å². The summed E-state index contributed by atoms with van der Waals surface area (Å²) in [5, 5.41) is 2.21. The molecule has 0 bridgehead atoms. The van der Waals surface area contributed by atoms with Gasteiger partial charge in [0.1, 0.15) is 24.9 Å². The minimum Gasteiger partial charge on any atom is -0.460 e. The molecule has 11 heteroatoms. The Hall–Kier alpha value is -3.34. The number of amides is 2.